The van der Waals surface area contributed by atoms with Crippen molar-refractivity contribution < 1.29 is 0 Å². The Hall–Kier alpha value is 0.160. The predicted molar refractivity (Wildman–Crippen MR) is 119 cm³/mol. The number of aromatic nitrogens is 1. The number of hydrogen-bond acceptors (Lipinski definition) is 4. The number of halogens is 3. The SMILES string of the molecule is Cc1cc(SCCCCCN2CCSC2)nc2ccc(Cl)cc12.Cl.Cl. The second kappa shape index (κ2) is 11.8. The summed E-state index contributed by atoms with van der Waals surface area (Å²) in [6, 6.07) is 8.12. The number of pyridine rings is 1. The van der Waals surface area contributed by atoms with Gasteiger partial charge < -0.3 is 0 Å². The van der Waals surface area contributed by atoms with E-state index < -0.39 is 0 Å². The molecular formula is C18H25Cl3N2S2. The molecule has 1 fully saturated rings. The van der Waals surface area contributed by atoms with Gasteiger partial charge in [0.25, 0.3) is 0 Å². The Balaban J connectivity index is 0.00000156. The van der Waals surface area contributed by atoms with E-state index in [9.17, 15) is 0 Å². The minimum atomic E-state index is 0. The molecule has 0 unspecified atom stereocenters. The lowest BCUT2D eigenvalue weighted by Gasteiger charge is -2.12. The highest BCUT2D eigenvalue weighted by molar-refractivity contribution is 7.99. The minimum Gasteiger partial charge on any atom is -0.293 e. The van der Waals surface area contributed by atoms with E-state index in [4.69, 9.17) is 16.6 Å². The van der Waals surface area contributed by atoms with Crippen molar-refractivity contribution in [1.29, 1.82) is 0 Å². The summed E-state index contributed by atoms with van der Waals surface area (Å²) in [5, 5.41) is 3.07. The second-order valence-electron chi connectivity index (χ2n) is 6.00. The number of fused-ring (bicyclic) bond motifs is 1. The molecule has 1 aromatic heterocycles. The smallest absolute Gasteiger partial charge is 0.0970 e. The van der Waals surface area contributed by atoms with Gasteiger partial charge in [0.05, 0.1) is 10.5 Å². The molecule has 1 aromatic carbocycles. The van der Waals surface area contributed by atoms with Crippen molar-refractivity contribution >= 4 is 70.8 Å². The van der Waals surface area contributed by atoms with Crippen molar-refractivity contribution in [3.8, 4) is 0 Å². The molecule has 2 nitrogen and oxygen atoms in total. The highest BCUT2D eigenvalue weighted by Gasteiger charge is 2.10. The van der Waals surface area contributed by atoms with E-state index in [2.05, 4.69) is 29.7 Å². The lowest BCUT2D eigenvalue weighted by atomic mass is 10.1. The van der Waals surface area contributed by atoms with Gasteiger partial charge in [0.2, 0.25) is 0 Å². The summed E-state index contributed by atoms with van der Waals surface area (Å²) in [5.41, 5.74) is 2.30. The van der Waals surface area contributed by atoms with Crippen LogP contribution < -0.4 is 0 Å². The molecule has 0 N–H and O–H groups in total. The Kier molecular flexibility index (Phi) is 10.9. The normalized spacial score (nSPS) is 14.3. The largest absolute Gasteiger partial charge is 0.293 e. The van der Waals surface area contributed by atoms with Crippen molar-refractivity contribution in [2.45, 2.75) is 31.2 Å². The monoisotopic (exact) mass is 438 g/mol. The number of thioether (sulfide) groups is 2. The third kappa shape index (κ3) is 7.00. The van der Waals surface area contributed by atoms with E-state index in [1.807, 2.05) is 30.0 Å². The van der Waals surface area contributed by atoms with Crippen LogP contribution in [0.1, 0.15) is 24.8 Å². The molecular weight excluding hydrogens is 415 g/mol. The third-order valence-electron chi connectivity index (χ3n) is 4.15. The maximum atomic E-state index is 6.07. The van der Waals surface area contributed by atoms with Crippen molar-refractivity contribution in [1.82, 2.24) is 9.88 Å². The summed E-state index contributed by atoms with van der Waals surface area (Å²) in [4.78, 5) is 7.32. The van der Waals surface area contributed by atoms with Crippen LogP contribution in [-0.2, 0) is 0 Å². The molecule has 1 saturated heterocycles. The first-order valence-electron chi connectivity index (χ1n) is 8.22. The molecule has 0 bridgehead atoms. The molecule has 0 atom stereocenters. The zero-order valence-electron chi connectivity index (χ0n) is 14.4. The number of aryl methyl sites for hydroxylation is 1. The molecule has 0 saturated carbocycles. The average Bonchev–Trinajstić information content (AvgIpc) is 3.05. The minimum absolute atomic E-state index is 0. The highest BCUT2D eigenvalue weighted by atomic mass is 35.5. The Bertz CT molecular complexity index is 664. The summed E-state index contributed by atoms with van der Waals surface area (Å²) in [6.45, 7) is 4.69. The number of benzene rings is 1. The van der Waals surface area contributed by atoms with Crippen LogP contribution in [0.2, 0.25) is 5.02 Å². The van der Waals surface area contributed by atoms with E-state index >= 15 is 0 Å². The van der Waals surface area contributed by atoms with Gasteiger partial charge in [-0.15, -0.1) is 48.3 Å². The van der Waals surface area contributed by atoms with Crippen LogP contribution in [-0.4, -0.2) is 40.4 Å². The van der Waals surface area contributed by atoms with Gasteiger partial charge in [-0.2, -0.15) is 0 Å². The molecule has 1 aliphatic heterocycles. The van der Waals surface area contributed by atoms with E-state index in [1.165, 1.54) is 49.5 Å². The predicted octanol–water partition coefficient (Wildman–Crippen LogP) is 6.31. The fraction of sp³-hybridized carbons (Fsp3) is 0.500. The van der Waals surface area contributed by atoms with Crippen molar-refractivity contribution in [2.24, 2.45) is 0 Å². The summed E-state index contributed by atoms with van der Waals surface area (Å²) in [5.74, 6) is 3.70. The lowest BCUT2D eigenvalue weighted by Crippen LogP contribution is -2.20. The van der Waals surface area contributed by atoms with Crippen LogP contribution >= 0.6 is 59.9 Å². The molecule has 0 amide bonds. The molecule has 0 spiro atoms. The zero-order valence-corrected chi connectivity index (χ0v) is 18.4. The van der Waals surface area contributed by atoms with Gasteiger partial charge in [-0.1, -0.05) is 18.0 Å². The van der Waals surface area contributed by atoms with E-state index in [1.54, 1.807) is 0 Å². The van der Waals surface area contributed by atoms with Crippen molar-refractivity contribution in [3.63, 3.8) is 0 Å². The molecule has 0 radical (unpaired) electrons. The van der Waals surface area contributed by atoms with Gasteiger partial charge in [-0.25, -0.2) is 4.98 Å². The van der Waals surface area contributed by atoms with E-state index in [0.29, 0.717) is 0 Å². The third-order valence-corrected chi connectivity index (χ3v) is 6.40. The Labute approximate surface area is 176 Å². The lowest BCUT2D eigenvalue weighted by molar-refractivity contribution is 0.346. The fourth-order valence-corrected chi connectivity index (χ4v) is 5.01. The number of nitrogens with zero attached hydrogens (tertiary/aromatic N) is 2. The first-order valence-corrected chi connectivity index (χ1v) is 10.7. The molecule has 7 heteroatoms. The van der Waals surface area contributed by atoms with Crippen LogP contribution in [0.25, 0.3) is 10.9 Å². The van der Waals surface area contributed by atoms with E-state index in [0.717, 1.165) is 26.7 Å². The quantitative estimate of drug-likeness (QED) is 0.371. The zero-order chi connectivity index (χ0) is 16.1. The topological polar surface area (TPSA) is 16.1 Å². The molecule has 140 valence electrons. The summed E-state index contributed by atoms with van der Waals surface area (Å²) in [7, 11) is 0. The van der Waals surface area contributed by atoms with Gasteiger partial charge in [0, 0.05) is 28.6 Å². The Morgan fingerprint density at radius 3 is 2.80 bits per heavy atom. The maximum Gasteiger partial charge on any atom is 0.0970 e. The molecule has 1 aliphatic rings. The van der Waals surface area contributed by atoms with Crippen LogP contribution in [0.3, 0.4) is 0 Å². The Morgan fingerprint density at radius 2 is 2.04 bits per heavy atom. The summed E-state index contributed by atoms with van der Waals surface area (Å²) in [6.07, 6.45) is 3.91. The summed E-state index contributed by atoms with van der Waals surface area (Å²) < 4.78 is 0. The van der Waals surface area contributed by atoms with Gasteiger partial charge >= 0.3 is 0 Å². The number of unbranched alkanes of at least 4 members (excludes halogenated alkanes) is 2. The first kappa shape index (κ1) is 23.2. The standard InChI is InChI=1S/C18H23ClN2S2.2ClH/c1-14-11-18(20-17-6-5-15(19)12-16(14)17)23-9-4-2-3-7-21-8-10-22-13-21;;/h5-6,11-12H,2-4,7-10,13H2,1H3;2*1H. The van der Waals surface area contributed by atoms with Gasteiger partial charge in [0.1, 0.15) is 0 Å². The van der Waals surface area contributed by atoms with Crippen molar-refractivity contribution in [3.05, 3.63) is 34.9 Å². The molecule has 2 aromatic rings. The summed E-state index contributed by atoms with van der Waals surface area (Å²) >= 11 is 10.0. The first-order chi connectivity index (χ1) is 11.2. The molecule has 3 rings (SSSR count). The Morgan fingerprint density at radius 1 is 1.20 bits per heavy atom. The van der Waals surface area contributed by atoms with Crippen LogP contribution in [0.5, 0.6) is 0 Å². The van der Waals surface area contributed by atoms with Crippen LogP contribution in [0, 0.1) is 6.92 Å². The van der Waals surface area contributed by atoms with Crippen LogP contribution in [0.4, 0.5) is 0 Å². The maximum absolute atomic E-state index is 6.07. The van der Waals surface area contributed by atoms with Crippen molar-refractivity contribution in [2.75, 3.05) is 30.5 Å². The average molecular weight is 440 g/mol. The number of rotatable bonds is 7. The van der Waals surface area contributed by atoms with Gasteiger partial charge in [-0.3, -0.25) is 4.90 Å². The molecule has 25 heavy (non-hydrogen) atoms. The molecule has 0 aliphatic carbocycles. The second-order valence-corrected chi connectivity index (χ2v) is 8.63. The molecule has 2 heterocycles. The van der Waals surface area contributed by atoms with Crippen LogP contribution in [0.15, 0.2) is 29.3 Å². The van der Waals surface area contributed by atoms with Gasteiger partial charge in [0.15, 0.2) is 0 Å². The number of hydrogen-bond donors (Lipinski definition) is 0. The highest BCUT2D eigenvalue weighted by Crippen LogP contribution is 2.26. The van der Waals surface area contributed by atoms with E-state index in [-0.39, 0.29) is 24.8 Å². The fourth-order valence-electron chi connectivity index (χ4n) is 2.83. The van der Waals surface area contributed by atoms with Gasteiger partial charge in [-0.05, 0) is 61.9 Å².